The number of rotatable bonds is 8. The number of imidazole rings is 1. The van der Waals surface area contributed by atoms with Crippen LogP contribution in [0.25, 0.3) is 11.4 Å². The molecular formula is C17H25N3. The van der Waals surface area contributed by atoms with Crippen LogP contribution in [-0.4, -0.2) is 22.1 Å². The molecule has 20 heavy (non-hydrogen) atoms. The van der Waals surface area contributed by atoms with Gasteiger partial charge in [-0.1, -0.05) is 37.3 Å². The Kier molecular flexibility index (Phi) is 5.81. The molecule has 0 spiro atoms. The molecule has 2 aromatic rings. The third kappa shape index (κ3) is 4.20. The summed E-state index contributed by atoms with van der Waals surface area (Å²) in [5.74, 6) is 1.07. The van der Waals surface area contributed by atoms with Crippen molar-refractivity contribution in [3.8, 4) is 11.4 Å². The minimum Gasteiger partial charge on any atom is -0.331 e. The fourth-order valence-corrected chi connectivity index (χ4v) is 2.40. The van der Waals surface area contributed by atoms with E-state index in [2.05, 4.69) is 59.2 Å². The Labute approximate surface area is 122 Å². The normalized spacial score (nSPS) is 12.5. The van der Waals surface area contributed by atoms with Crippen LogP contribution in [0, 0.1) is 0 Å². The maximum Gasteiger partial charge on any atom is 0.139 e. The van der Waals surface area contributed by atoms with Gasteiger partial charge in [-0.25, -0.2) is 4.98 Å². The lowest BCUT2D eigenvalue weighted by atomic mass is 10.1. The average Bonchev–Trinajstić information content (AvgIpc) is 2.94. The van der Waals surface area contributed by atoms with E-state index in [4.69, 9.17) is 0 Å². The van der Waals surface area contributed by atoms with Crippen molar-refractivity contribution < 1.29 is 0 Å². The number of benzene rings is 1. The van der Waals surface area contributed by atoms with E-state index in [-0.39, 0.29) is 0 Å². The van der Waals surface area contributed by atoms with E-state index in [1.54, 1.807) is 0 Å². The zero-order chi connectivity index (χ0) is 14.2. The van der Waals surface area contributed by atoms with Crippen LogP contribution in [0.3, 0.4) is 0 Å². The standard InChI is InChI=1S/C17H25N3/c1-3-11-18-15(2)8-7-13-20-14-12-19-17(20)16-9-5-4-6-10-16/h4-6,9-10,12,14-15,18H,3,7-8,11,13H2,1-2H3. The molecule has 1 aromatic heterocycles. The van der Waals surface area contributed by atoms with Gasteiger partial charge in [0, 0.05) is 30.5 Å². The molecule has 1 heterocycles. The number of nitrogens with one attached hydrogen (secondary N) is 1. The van der Waals surface area contributed by atoms with Crippen LogP contribution in [0.4, 0.5) is 0 Å². The van der Waals surface area contributed by atoms with Crippen molar-refractivity contribution >= 4 is 0 Å². The van der Waals surface area contributed by atoms with E-state index in [1.165, 1.54) is 24.8 Å². The van der Waals surface area contributed by atoms with Crippen LogP contribution < -0.4 is 5.32 Å². The average molecular weight is 271 g/mol. The molecule has 1 unspecified atom stereocenters. The van der Waals surface area contributed by atoms with Gasteiger partial charge in [0.2, 0.25) is 0 Å². The van der Waals surface area contributed by atoms with Gasteiger partial charge in [-0.2, -0.15) is 0 Å². The Morgan fingerprint density at radius 1 is 1.25 bits per heavy atom. The summed E-state index contributed by atoms with van der Waals surface area (Å²) >= 11 is 0. The lowest BCUT2D eigenvalue weighted by Gasteiger charge is -2.14. The predicted molar refractivity (Wildman–Crippen MR) is 84.7 cm³/mol. The van der Waals surface area contributed by atoms with Crippen LogP contribution in [-0.2, 0) is 6.54 Å². The number of aryl methyl sites for hydroxylation is 1. The largest absolute Gasteiger partial charge is 0.331 e. The van der Waals surface area contributed by atoms with E-state index in [0.717, 1.165) is 18.9 Å². The van der Waals surface area contributed by atoms with Crippen LogP contribution in [0.1, 0.15) is 33.1 Å². The lowest BCUT2D eigenvalue weighted by Crippen LogP contribution is -2.26. The highest BCUT2D eigenvalue weighted by molar-refractivity contribution is 5.54. The molecule has 0 amide bonds. The molecule has 3 nitrogen and oxygen atoms in total. The highest BCUT2D eigenvalue weighted by Crippen LogP contribution is 2.17. The molecule has 0 bridgehead atoms. The summed E-state index contributed by atoms with van der Waals surface area (Å²) in [6.07, 6.45) is 7.54. The summed E-state index contributed by atoms with van der Waals surface area (Å²) in [4.78, 5) is 4.48. The van der Waals surface area contributed by atoms with Crippen LogP contribution in [0.2, 0.25) is 0 Å². The highest BCUT2D eigenvalue weighted by Gasteiger charge is 2.06. The van der Waals surface area contributed by atoms with Gasteiger partial charge in [-0.15, -0.1) is 0 Å². The Morgan fingerprint density at radius 2 is 2.05 bits per heavy atom. The van der Waals surface area contributed by atoms with Gasteiger partial charge < -0.3 is 9.88 Å². The fourth-order valence-electron chi connectivity index (χ4n) is 2.40. The monoisotopic (exact) mass is 271 g/mol. The van der Waals surface area contributed by atoms with Crippen molar-refractivity contribution in [1.82, 2.24) is 14.9 Å². The molecule has 1 N–H and O–H groups in total. The van der Waals surface area contributed by atoms with E-state index in [9.17, 15) is 0 Å². The van der Waals surface area contributed by atoms with Gasteiger partial charge in [0.05, 0.1) is 0 Å². The van der Waals surface area contributed by atoms with Gasteiger partial charge >= 0.3 is 0 Å². The summed E-state index contributed by atoms with van der Waals surface area (Å²) < 4.78 is 2.25. The second kappa shape index (κ2) is 7.85. The van der Waals surface area contributed by atoms with Gasteiger partial charge in [0.1, 0.15) is 5.82 Å². The molecule has 0 aliphatic heterocycles. The third-order valence-electron chi connectivity index (χ3n) is 3.53. The second-order valence-corrected chi connectivity index (χ2v) is 5.31. The lowest BCUT2D eigenvalue weighted by molar-refractivity contribution is 0.477. The molecule has 0 radical (unpaired) electrons. The van der Waals surface area contributed by atoms with Crippen molar-refractivity contribution in [2.75, 3.05) is 6.54 Å². The van der Waals surface area contributed by atoms with Crippen molar-refractivity contribution in [3.63, 3.8) is 0 Å². The van der Waals surface area contributed by atoms with Crippen molar-refractivity contribution in [1.29, 1.82) is 0 Å². The molecule has 108 valence electrons. The van der Waals surface area contributed by atoms with E-state index >= 15 is 0 Å². The molecule has 1 aromatic carbocycles. The summed E-state index contributed by atoms with van der Waals surface area (Å²) in [7, 11) is 0. The first-order valence-corrected chi connectivity index (χ1v) is 7.61. The Morgan fingerprint density at radius 3 is 2.80 bits per heavy atom. The fraction of sp³-hybridized carbons (Fsp3) is 0.471. The second-order valence-electron chi connectivity index (χ2n) is 5.31. The SMILES string of the molecule is CCCNC(C)CCCn1ccnc1-c1ccccc1. The Bertz CT molecular complexity index is 490. The molecule has 2 rings (SSSR count). The van der Waals surface area contributed by atoms with E-state index < -0.39 is 0 Å². The minimum absolute atomic E-state index is 0.596. The molecule has 0 saturated heterocycles. The minimum atomic E-state index is 0.596. The molecule has 3 heteroatoms. The third-order valence-corrected chi connectivity index (χ3v) is 3.53. The summed E-state index contributed by atoms with van der Waals surface area (Å²) in [5.41, 5.74) is 1.19. The van der Waals surface area contributed by atoms with Crippen molar-refractivity contribution in [2.45, 2.75) is 45.7 Å². The molecule has 0 aliphatic rings. The molecule has 1 atom stereocenters. The number of hydrogen-bond acceptors (Lipinski definition) is 2. The Hall–Kier alpha value is -1.61. The van der Waals surface area contributed by atoms with E-state index in [1.807, 2.05) is 12.3 Å². The molecule has 0 aliphatic carbocycles. The maximum absolute atomic E-state index is 4.48. The van der Waals surface area contributed by atoms with Crippen LogP contribution >= 0.6 is 0 Å². The Balaban J connectivity index is 1.87. The molecule has 0 fully saturated rings. The van der Waals surface area contributed by atoms with Crippen molar-refractivity contribution in [3.05, 3.63) is 42.7 Å². The zero-order valence-corrected chi connectivity index (χ0v) is 12.5. The number of hydrogen-bond donors (Lipinski definition) is 1. The quantitative estimate of drug-likeness (QED) is 0.793. The first-order chi connectivity index (χ1) is 9.81. The predicted octanol–water partition coefficient (Wildman–Crippen LogP) is 3.72. The summed E-state index contributed by atoms with van der Waals surface area (Å²) in [6.45, 7) is 6.61. The highest BCUT2D eigenvalue weighted by atomic mass is 15.1. The van der Waals surface area contributed by atoms with Gasteiger partial charge in [-0.05, 0) is 32.7 Å². The topological polar surface area (TPSA) is 29.9 Å². The zero-order valence-electron chi connectivity index (χ0n) is 12.5. The smallest absolute Gasteiger partial charge is 0.139 e. The van der Waals surface area contributed by atoms with Crippen LogP contribution in [0.15, 0.2) is 42.7 Å². The first-order valence-electron chi connectivity index (χ1n) is 7.61. The molecular weight excluding hydrogens is 246 g/mol. The first kappa shape index (κ1) is 14.8. The van der Waals surface area contributed by atoms with Gasteiger partial charge in [-0.3, -0.25) is 0 Å². The van der Waals surface area contributed by atoms with Crippen LogP contribution in [0.5, 0.6) is 0 Å². The molecule has 0 saturated carbocycles. The van der Waals surface area contributed by atoms with Gasteiger partial charge in [0.25, 0.3) is 0 Å². The van der Waals surface area contributed by atoms with Crippen molar-refractivity contribution in [2.24, 2.45) is 0 Å². The summed E-state index contributed by atoms with van der Waals surface area (Å²) in [6, 6.07) is 11.0. The number of nitrogens with zero attached hydrogens (tertiary/aromatic N) is 2. The number of aromatic nitrogens is 2. The van der Waals surface area contributed by atoms with Gasteiger partial charge in [0.15, 0.2) is 0 Å². The van der Waals surface area contributed by atoms with E-state index in [0.29, 0.717) is 6.04 Å². The summed E-state index contributed by atoms with van der Waals surface area (Å²) in [5, 5.41) is 3.53. The maximum atomic E-state index is 4.48.